The van der Waals surface area contributed by atoms with E-state index < -0.39 is 0 Å². The molecule has 10 heteroatoms. The van der Waals surface area contributed by atoms with Gasteiger partial charge in [-0.2, -0.15) is 0 Å². The molecule has 0 fully saturated rings. The molecule has 0 spiro atoms. The standard InChI is InChI=1S/C62H100Br2N4S4/c1-5-9-13-17-21-25-27-31-35-39-43-49(41-37-33-29-23-19-15-11-7-3)45-51-47-53(63)69-55(51)59-65-57-61(71-59)68-58-62(67-57)72-60(66-58)56-52(48-54(64)70-56)46-50(42-38-34-30-24-20-16-12-8-4)44-40-36-32-28-26-22-18-14-10-6-2/h47-50H,5-46H2,1-4H3. The zero-order valence-electron chi connectivity index (χ0n) is 46.2. The molecular weight excluding hydrogens is 1090 g/mol. The maximum Gasteiger partial charge on any atom is 0.191 e. The first kappa shape index (κ1) is 62.1. The average molecular weight is 1190 g/mol. The minimum Gasteiger partial charge on any atom is -0.214 e. The van der Waals surface area contributed by atoms with E-state index in [-0.39, 0.29) is 0 Å². The SMILES string of the molecule is CCCCCCCCCCCCC(CCCCCCCCCC)Cc1cc(Br)sc1-c1nc2nc3sc(-c4sc(Br)cc4CC(CCCCCCCCCC)CCCCCCCCCCCC)nc3nc2s1. The number of thiazole rings is 2. The van der Waals surface area contributed by atoms with E-state index in [1.54, 1.807) is 22.7 Å². The lowest BCUT2D eigenvalue weighted by molar-refractivity contribution is 0.400. The number of aromatic nitrogens is 4. The summed E-state index contributed by atoms with van der Waals surface area (Å²) >= 11 is 14.9. The average Bonchev–Trinajstić information content (AvgIpc) is 4.17. The smallest absolute Gasteiger partial charge is 0.191 e. The maximum absolute atomic E-state index is 5.24. The summed E-state index contributed by atoms with van der Waals surface area (Å²) in [6, 6.07) is 4.79. The molecule has 5 aromatic rings. The van der Waals surface area contributed by atoms with Crippen LogP contribution in [0.4, 0.5) is 0 Å². The van der Waals surface area contributed by atoms with Crippen molar-refractivity contribution in [1.29, 1.82) is 0 Å². The summed E-state index contributed by atoms with van der Waals surface area (Å²) in [6.07, 6.45) is 57.9. The Bertz CT molecular complexity index is 1920. The maximum atomic E-state index is 5.24. The Morgan fingerprint density at radius 3 is 0.847 bits per heavy atom. The summed E-state index contributed by atoms with van der Waals surface area (Å²) in [6.45, 7) is 9.26. The molecule has 0 aliphatic rings. The van der Waals surface area contributed by atoms with Crippen LogP contribution in [0.3, 0.4) is 0 Å². The molecular formula is C62H100Br2N4S4. The van der Waals surface area contributed by atoms with Gasteiger partial charge in [-0.05, 0) is 79.8 Å². The number of unbranched alkanes of at least 4 members (excludes halogenated alkanes) is 32. The number of rotatable bonds is 46. The van der Waals surface area contributed by atoms with E-state index in [2.05, 4.69) is 71.7 Å². The van der Waals surface area contributed by atoms with E-state index in [1.807, 2.05) is 22.7 Å². The number of thiophene rings is 2. The first-order valence-corrected chi connectivity index (χ1v) is 35.3. The highest BCUT2D eigenvalue weighted by Gasteiger charge is 2.23. The van der Waals surface area contributed by atoms with Crippen molar-refractivity contribution < 1.29 is 0 Å². The van der Waals surface area contributed by atoms with Crippen molar-refractivity contribution in [2.24, 2.45) is 11.8 Å². The highest BCUT2D eigenvalue weighted by molar-refractivity contribution is 9.11. The van der Waals surface area contributed by atoms with Gasteiger partial charge in [-0.3, -0.25) is 0 Å². The molecule has 0 aliphatic carbocycles. The van der Waals surface area contributed by atoms with Gasteiger partial charge in [0.1, 0.15) is 10.0 Å². The van der Waals surface area contributed by atoms with Crippen LogP contribution in [0.5, 0.6) is 0 Å². The van der Waals surface area contributed by atoms with Crippen LogP contribution < -0.4 is 0 Å². The summed E-state index contributed by atoms with van der Waals surface area (Å²) < 4.78 is 2.40. The molecule has 5 aromatic heterocycles. The van der Waals surface area contributed by atoms with E-state index >= 15 is 0 Å². The minimum atomic E-state index is 0.722. The summed E-state index contributed by atoms with van der Waals surface area (Å²) in [5.41, 5.74) is 4.44. The van der Waals surface area contributed by atoms with Crippen molar-refractivity contribution in [3.63, 3.8) is 0 Å². The van der Waals surface area contributed by atoms with Crippen molar-refractivity contribution in [1.82, 2.24) is 19.9 Å². The van der Waals surface area contributed by atoms with Crippen LogP contribution in [-0.4, -0.2) is 19.9 Å². The van der Waals surface area contributed by atoms with Crippen LogP contribution in [0.1, 0.15) is 296 Å². The zero-order valence-corrected chi connectivity index (χ0v) is 52.6. The molecule has 5 rings (SSSR count). The Hall–Kier alpha value is -0.780. The second-order valence-electron chi connectivity index (χ2n) is 21.9. The third kappa shape index (κ3) is 24.3. The molecule has 4 nitrogen and oxygen atoms in total. The van der Waals surface area contributed by atoms with E-state index in [9.17, 15) is 0 Å². The lowest BCUT2D eigenvalue weighted by atomic mass is 9.89. The number of fused-ring (bicyclic) bond motifs is 2. The molecule has 5 heterocycles. The van der Waals surface area contributed by atoms with Gasteiger partial charge >= 0.3 is 0 Å². The fraction of sp³-hybridized carbons (Fsp3) is 0.774. The molecule has 0 N–H and O–H groups in total. The molecule has 0 radical (unpaired) electrons. The molecule has 2 unspecified atom stereocenters. The van der Waals surface area contributed by atoms with Gasteiger partial charge in [-0.1, -0.05) is 307 Å². The largest absolute Gasteiger partial charge is 0.214 e. The Balaban J connectivity index is 1.22. The van der Waals surface area contributed by atoms with Gasteiger partial charge in [0, 0.05) is 0 Å². The Kier molecular flexibility index (Phi) is 33.4. The van der Waals surface area contributed by atoms with Crippen molar-refractivity contribution in [2.75, 3.05) is 0 Å². The molecule has 2 atom stereocenters. The topological polar surface area (TPSA) is 51.6 Å². The van der Waals surface area contributed by atoms with Gasteiger partial charge in [-0.25, -0.2) is 19.9 Å². The fourth-order valence-corrected chi connectivity index (χ4v) is 16.4. The summed E-state index contributed by atoms with van der Waals surface area (Å²) in [7, 11) is 0. The predicted octanol–water partition coefficient (Wildman–Crippen LogP) is 24.7. The number of hydrogen-bond acceptors (Lipinski definition) is 8. The Morgan fingerprint density at radius 1 is 0.333 bits per heavy atom. The summed E-state index contributed by atoms with van der Waals surface area (Å²) in [4.78, 5) is 25.3. The number of hydrogen-bond donors (Lipinski definition) is 0. The molecule has 0 bridgehead atoms. The highest BCUT2D eigenvalue weighted by atomic mass is 79.9. The van der Waals surface area contributed by atoms with Gasteiger partial charge in [0.05, 0.1) is 17.3 Å². The third-order valence-corrected chi connectivity index (χ3v) is 21.0. The Morgan fingerprint density at radius 2 is 0.583 bits per heavy atom. The number of nitrogens with zero attached hydrogens (tertiary/aromatic N) is 4. The highest BCUT2D eigenvalue weighted by Crippen LogP contribution is 2.44. The van der Waals surface area contributed by atoms with E-state index in [0.29, 0.717) is 0 Å². The fourth-order valence-electron chi connectivity index (χ4n) is 11.0. The van der Waals surface area contributed by atoms with Crippen molar-refractivity contribution in [3.05, 3.63) is 30.8 Å². The molecule has 0 saturated heterocycles. The second kappa shape index (κ2) is 38.7. The lowest BCUT2D eigenvalue weighted by Gasteiger charge is -2.17. The number of halogens is 2. The first-order chi connectivity index (χ1) is 35.4. The van der Waals surface area contributed by atoms with Crippen LogP contribution in [0.15, 0.2) is 19.7 Å². The Labute approximate surface area is 474 Å². The van der Waals surface area contributed by atoms with Crippen LogP contribution in [0.25, 0.3) is 40.7 Å². The van der Waals surface area contributed by atoms with Crippen molar-refractivity contribution >= 4 is 98.2 Å². The van der Waals surface area contributed by atoms with Crippen LogP contribution >= 0.6 is 77.2 Å². The summed E-state index contributed by atoms with van der Waals surface area (Å²) in [5, 5.41) is 2.13. The molecule has 0 aromatic carbocycles. The third-order valence-electron chi connectivity index (χ3n) is 15.4. The van der Waals surface area contributed by atoms with Gasteiger partial charge in [0.15, 0.2) is 21.0 Å². The van der Waals surface area contributed by atoms with Gasteiger partial charge in [0.25, 0.3) is 0 Å². The quantitative estimate of drug-likeness (QED) is 0.0364. The van der Waals surface area contributed by atoms with E-state index in [0.717, 1.165) is 55.6 Å². The van der Waals surface area contributed by atoms with Gasteiger partial charge in [0.2, 0.25) is 0 Å². The van der Waals surface area contributed by atoms with E-state index in [1.165, 1.54) is 285 Å². The summed E-state index contributed by atoms with van der Waals surface area (Å²) in [5.74, 6) is 1.44. The second-order valence-corrected chi connectivity index (χ2v) is 28.8. The van der Waals surface area contributed by atoms with Crippen LogP contribution in [-0.2, 0) is 12.8 Å². The lowest BCUT2D eigenvalue weighted by Crippen LogP contribution is -2.05. The normalized spacial score (nSPS) is 12.9. The minimum absolute atomic E-state index is 0.722. The van der Waals surface area contributed by atoms with E-state index in [4.69, 9.17) is 19.9 Å². The molecule has 0 aliphatic heterocycles. The van der Waals surface area contributed by atoms with Gasteiger partial charge < -0.3 is 0 Å². The van der Waals surface area contributed by atoms with Crippen molar-refractivity contribution in [3.8, 4) is 19.8 Å². The first-order valence-electron chi connectivity index (χ1n) is 30.4. The zero-order chi connectivity index (χ0) is 50.9. The predicted molar refractivity (Wildman–Crippen MR) is 332 cm³/mol. The molecule has 0 saturated carbocycles. The van der Waals surface area contributed by atoms with Crippen molar-refractivity contribution in [2.45, 2.75) is 297 Å². The molecule has 72 heavy (non-hydrogen) atoms. The van der Waals surface area contributed by atoms with Crippen LogP contribution in [0.2, 0.25) is 0 Å². The van der Waals surface area contributed by atoms with Gasteiger partial charge in [-0.15, -0.1) is 22.7 Å². The molecule has 0 amide bonds. The van der Waals surface area contributed by atoms with Crippen LogP contribution in [0, 0.1) is 11.8 Å². The molecule has 406 valence electrons. The monoisotopic (exact) mass is 1190 g/mol.